The molecule has 1 aliphatic carbocycles. The zero-order valence-electron chi connectivity index (χ0n) is 12.5. The van der Waals surface area contributed by atoms with Gasteiger partial charge in [-0.2, -0.15) is 5.10 Å². The Morgan fingerprint density at radius 1 is 1.35 bits per heavy atom. The summed E-state index contributed by atoms with van der Waals surface area (Å²) in [5.41, 5.74) is 2.38. The molecule has 2 rings (SSSR count). The van der Waals surface area contributed by atoms with E-state index in [0.717, 1.165) is 36.2 Å². The first-order chi connectivity index (χ1) is 9.71. The molecule has 5 heteroatoms. The van der Waals surface area contributed by atoms with Gasteiger partial charge in [0.25, 0.3) is 0 Å². The molecule has 114 valence electrons. The monoisotopic (exact) mass is 343 g/mol. The fourth-order valence-electron chi connectivity index (χ4n) is 3.18. The molecule has 0 saturated heterocycles. The maximum Gasteiger partial charge on any atom is 0.0767 e. The highest BCUT2D eigenvalue weighted by Crippen LogP contribution is 2.30. The average Bonchev–Trinajstić information content (AvgIpc) is 3.04. The summed E-state index contributed by atoms with van der Waals surface area (Å²) in [6, 6.07) is 0. The van der Waals surface area contributed by atoms with Crippen molar-refractivity contribution in [3.8, 4) is 0 Å². The Balaban J connectivity index is 1.92. The molecule has 0 bridgehead atoms. The van der Waals surface area contributed by atoms with Crippen LogP contribution in [0.1, 0.15) is 44.5 Å². The molecule has 0 amide bonds. The Kier molecular flexibility index (Phi) is 6.05. The van der Waals surface area contributed by atoms with Crippen LogP contribution in [-0.4, -0.2) is 28.0 Å². The van der Waals surface area contributed by atoms with Gasteiger partial charge in [0, 0.05) is 19.7 Å². The number of hydrogen-bond acceptors (Lipinski definition) is 3. The number of halogens is 1. The normalized spacial score (nSPS) is 22.6. The summed E-state index contributed by atoms with van der Waals surface area (Å²) in [6.45, 7) is 7.33. The largest absolute Gasteiger partial charge is 0.396 e. The van der Waals surface area contributed by atoms with Crippen LogP contribution in [0.25, 0.3) is 0 Å². The second kappa shape index (κ2) is 7.57. The van der Waals surface area contributed by atoms with Crippen molar-refractivity contribution >= 4 is 15.9 Å². The second-order valence-electron chi connectivity index (χ2n) is 5.64. The summed E-state index contributed by atoms with van der Waals surface area (Å²) in [4.78, 5) is 0. The van der Waals surface area contributed by atoms with Gasteiger partial charge < -0.3 is 10.4 Å². The van der Waals surface area contributed by atoms with E-state index in [-0.39, 0.29) is 0 Å². The molecule has 2 atom stereocenters. The van der Waals surface area contributed by atoms with E-state index in [4.69, 9.17) is 0 Å². The minimum absolute atomic E-state index is 0.336. The van der Waals surface area contributed by atoms with E-state index in [9.17, 15) is 5.11 Å². The number of aromatic nitrogens is 2. The molecule has 2 N–H and O–H groups in total. The van der Waals surface area contributed by atoms with Crippen molar-refractivity contribution in [1.29, 1.82) is 0 Å². The van der Waals surface area contributed by atoms with Gasteiger partial charge in [0.05, 0.1) is 15.9 Å². The van der Waals surface area contributed by atoms with Crippen molar-refractivity contribution in [2.24, 2.45) is 11.8 Å². The molecule has 1 aromatic rings. The smallest absolute Gasteiger partial charge is 0.0767 e. The lowest BCUT2D eigenvalue weighted by Crippen LogP contribution is -2.27. The maximum absolute atomic E-state index is 9.36. The van der Waals surface area contributed by atoms with Gasteiger partial charge in [-0.05, 0) is 60.5 Å². The molecular formula is C15H26BrN3O. The molecule has 0 aliphatic heterocycles. The second-order valence-corrected chi connectivity index (χ2v) is 6.43. The summed E-state index contributed by atoms with van der Waals surface area (Å²) in [5.74, 6) is 1.12. The summed E-state index contributed by atoms with van der Waals surface area (Å²) in [6.07, 6.45) is 4.63. The van der Waals surface area contributed by atoms with E-state index >= 15 is 0 Å². The highest BCUT2D eigenvalue weighted by Gasteiger charge is 2.26. The van der Waals surface area contributed by atoms with Crippen LogP contribution in [0, 0.1) is 11.8 Å². The van der Waals surface area contributed by atoms with E-state index in [1.54, 1.807) is 0 Å². The molecular weight excluding hydrogens is 318 g/mol. The Labute approximate surface area is 130 Å². The third kappa shape index (κ3) is 3.43. The number of hydrogen-bond donors (Lipinski definition) is 2. The van der Waals surface area contributed by atoms with Crippen molar-refractivity contribution in [2.75, 3.05) is 13.2 Å². The van der Waals surface area contributed by atoms with Gasteiger partial charge in [-0.1, -0.05) is 13.3 Å². The van der Waals surface area contributed by atoms with E-state index in [0.29, 0.717) is 18.4 Å². The maximum atomic E-state index is 9.36. The minimum Gasteiger partial charge on any atom is -0.396 e. The van der Waals surface area contributed by atoms with E-state index in [1.807, 2.05) is 0 Å². The van der Waals surface area contributed by atoms with Crippen LogP contribution in [0.4, 0.5) is 0 Å². The lowest BCUT2D eigenvalue weighted by atomic mass is 9.97. The first-order valence-electron chi connectivity index (χ1n) is 7.76. The Morgan fingerprint density at radius 2 is 2.10 bits per heavy atom. The van der Waals surface area contributed by atoms with Crippen LogP contribution in [0.2, 0.25) is 0 Å². The molecule has 1 saturated carbocycles. The Bertz CT molecular complexity index is 433. The van der Waals surface area contributed by atoms with Gasteiger partial charge in [-0.3, -0.25) is 4.68 Å². The highest BCUT2D eigenvalue weighted by atomic mass is 79.9. The third-order valence-corrected chi connectivity index (χ3v) is 5.36. The molecule has 0 aromatic carbocycles. The number of aliphatic hydroxyl groups excluding tert-OH is 1. The fraction of sp³-hybridized carbons (Fsp3) is 0.800. The molecule has 1 aromatic heterocycles. The Morgan fingerprint density at radius 3 is 2.75 bits per heavy atom. The van der Waals surface area contributed by atoms with Crippen molar-refractivity contribution in [1.82, 2.24) is 15.1 Å². The zero-order chi connectivity index (χ0) is 14.5. The summed E-state index contributed by atoms with van der Waals surface area (Å²) < 4.78 is 3.23. The van der Waals surface area contributed by atoms with Crippen molar-refractivity contribution in [2.45, 2.75) is 52.6 Å². The third-order valence-electron chi connectivity index (χ3n) is 4.44. The molecule has 0 radical (unpaired) electrons. The van der Waals surface area contributed by atoms with Crippen LogP contribution >= 0.6 is 15.9 Å². The van der Waals surface area contributed by atoms with Crippen LogP contribution in [-0.2, 0) is 19.5 Å². The van der Waals surface area contributed by atoms with Gasteiger partial charge in [-0.25, -0.2) is 0 Å². The van der Waals surface area contributed by atoms with E-state index in [1.165, 1.54) is 25.0 Å². The summed E-state index contributed by atoms with van der Waals surface area (Å²) >= 11 is 3.68. The average molecular weight is 344 g/mol. The predicted octanol–water partition coefficient (Wildman–Crippen LogP) is 2.73. The quantitative estimate of drug-likeness (QED) is 0.800. The first kappa shape index (κ1) is 16.0. The van der Waals surface area contributed by atoms with Crippen molar-refractivity contribution < 1.29 is 5.11 Å². The molecule has 1 fully saturated rings. The van der Waals surface area contributed by atoms with Gasteiger partial charge in [-0.15, -0.1) is 0 Å². The van der Waals surface area contributed by atoms with E-state index in [2.05, 4.69) is 44.9 Å². The SMILES string of the molecule is CCc1nn(CC)c(CNCC2CCCC2CO)c1Br. The van der Waals surface area contributed by atoms with Crippen molar-refractivity contribution in [3.63, 3.8) is 0 Å². The molecule has 20 heavy (non-hydrogen) atoms. The molecule has 1 heterocycles. The van der Waals surface area contributed by atoms with Gasteiger partial charge in [0.15, 0.2) is 0 Å². The van der Waals surface area contributed by atoms with Gasteiger partial charge >= 0.3 is 0 Å². The first-order valence-corrected chi connectivity index (χ1v) is 8.56. The van der Waals surface area contributed by atoms with E-state index < -0.39 is 0 Å². The molecule has 1 aliphatic rings. The Hall–Kier alpha value is -0.390. The van der Waals surface area contributed by atoms with Gasteiger partial charge in [0.2, 0.25) is 0 Å². The van der Waals surface area contributed by atoms with Crippen molar-refractivity contribution in [3.05, 3.63) is 15.9 Å². The number of rotatable bonds is 7. The van der Waals surface area contributed by atoms with Crippen LogP contribution < -0.4 is 5.32 Å². The number of nitrogens with zero attached hydrogens (tertiary/aromatic N) is 2. The highest BCUT2D eigenvalue weighted by molar-refractivity contribution is 9.10. The van der Waals surface area contributed by atoms with Crippen LogP contribution in [0.5, 0.6) is 0 Å². The molecule has 4 nitrogen and oxygen atoms in total. The summed E-state index contributed by atoms with van der Waals surface area (Å²) in [5, 5.41) is 17.5. The number of aliphatic hydroxyl groups is 1. The number of aryl methyl sites for hydroxylation is 2. The zero-order valence-corrected chi connectivity index (χ0v) is 14.1. The predicted molar refractivity (Wildman–Crippen MR) is 84.6 cm³/mol. The van der Waals surface area contributed by atoms with Crippen LogP contribution in [0.3, 0.4) is 0 Å². The summed E-state index contributed by atoms with van der Waals surface area (Å²) in [7, 11) is 0. The lowest BCUT2D eigenvalue weighted by molar-refractivity contribution is 0.192. The number of nitrogens with one attached hydrogen (secondary N) is 1. The van der Waals surface area contributed by atoms with Crippen LogP contribution in [0.15, 0.2) is 4.47 Å². The molecule has 2 unspecified atom stereocenters. The molecule has 0 spiro atoms. The standard InChI is InChI=1S/C15H26BrN3O/c1-3-13-15(16)14(19(4-2)18-13)9-17-8-11-6-5-7-12(11)10-20/h11-12,17,20H,3-10H2,1-2H3. The fourth-order valence-corrected chi connectivity index (χ4v) is 3.89. The lowest BCUT2D eigenvalue weighted by Gasteiger charge is -2.18. The minimum atomic E-state index is 0.336. The van der Waals surface area contributed by atoms with Gasteiger partial charge in [0.1, 0.15) is 0 Å². The topological polar surface area (TPSA) is 50.1 Å².